The highest BCUT2D eigenvalue weighted by Gasteiger charge is 2.21. The third-order valence-corrected chi connectivity index (χ3v) is 10.6. The molecule has 0 amide bonds. The van der Waals surface area contributed by atoms with Crippen molar-refractivity contribution in [3.63, 3.8) is 0 Å². The summed E-state index contributed by atoms with van der Waals surface area (Å²) >= 11 is 0. The predicted octanol–water partition coefficient (Wildman–Crippen LogP) is 14.1. The van der Waals surface area contributed by atoms with Crippen molar-refractivity contribution in [1.29, 1.82) is 0 Å². The van der Waals surface area contributed by atoms with Gasteiger partial charge < -0.3 is 13.4 Å². The Bertz CT molecular complexity index is 3190. The van der Waals surface area contributed by atoms with Crippen molar-refractivity contribution in [3.05, 3.63) is 181 Å². The molecular formula is C49H28N2O2. The van der Waals surface area contributed by atoms with E-state index in [4.69, 9.17) is 15.4 Å². The first-order valence-electron chi connectivity index (χ1n) is 17.7. The van der Waals surface area contributed by atoms with Gasteiger partial charge in [0.05, 0.1) is 23.3 Å². The molecule has 0 saturated carbocycles. The molecule has 0 aliphatic rings. The van der Waals surface area contributed by atoms with Crippen LogP contribution in [0.5, 0.6) is 0 Å². The molecule has 0 bridgehead atoms. The summed E-state index contributed by atoms with van der Waals surface area (Å²) in [6.45, 7) is 8.21. The van der Waals surface area contributed by atoms with Crippen LogP contribution in [0.4, 0.5) is 5.69 Å². The Hall–Kier alpha value is -7.35. The van der Waals surface area contributed by atoms with E-state index in [2.05, 4.69) is 149 Å². The number of hydrogen-bond acceptors (Lipinski definition) is 2. The summed E-state index contributed by atoms with van der Waals surface area (Å²) in [5.41, 5.74) is 13.3. The molecule has 4 nitrogen and oxygen atoms in total. The summed E-state index contributed by atoms with van der Waals surface area (Å²) in [5, 5.41) is 6.35. The first kappa shape index (κ1) is 29.4. The van der Waals surface area contributed by atoms with Gasteiger partial charge in [-0.25, -0.2) is 4.85 Å². The monoisotopic (exact) mass is 676 g/mol. The first-order valence-corrected chi connectivity index (χ1v) is 17.7. The molecule has 0 aliphatic carbocycles. The number of fused-ring (bicyclic) bond motifs is 9. The molecule has 4 heteroatoms. The van der Waals surface area contributed by atoms with Gasteiger partial charge in [-0.2, -0.15) is 0 Å². The van der Waals surface area contributed by atoms with Gasteiger partial charge in [0.2, 0.25) is 5.69 Å². The second kappa shape index (κ2) is 11.3. The van der Waals surface area contributed by atoms with Gasteiger partial charge in [0.25, 0.3) is 0 Å². The van der Waals surface area contributed by atoms with Gasteiger partial charge in [0.15, 0.2) is 5.58 Å². The van der Waals surface area contributed by atoms with Gasteiger partial charge in [-0.15, -0.1) is 0 Å². The Kier molecular flexibility index (Phi) is 6.28. The molecule has 0 saturated heterocycles. The molecule has 246 valence electrons. The minimum atomic E-state index is 0.485. The smallest absolute Gasteiger partial charge is 0.230 e. The van der Waals surface area contributed by atoms with E-state index < -0.39 is 0 Å². The third-order valence-electron chi connectivity index (χ3n) is 10.6. The molecule has 3 heterocycles. The average Bonchev–Trinajstić information content (AvgIpc) is 3.90. The van der Waals surface area contributed by atoms with Crippen LogP contribution in [0, 0.1) is 6.57 Å². The molecule has 0 N–H and O–H groups in total. The maximum Gasteiger partial charge on any atom is 0.230 e. The van der Waals surface area contributed by atoms with E-state index in [1.54, 1.807) is 0 Å². The number of rotatable bonds is 4. The zero-order chi connectivity index (χ0) is 35.0. The van der Waals surface area contributed by atoms with Crippen molar-refractivity contribution in [1.82, 2.24) is 4.57 Å². The van der Waals surface area contributed by atoms with E-state index in [0.717, 1.165) is 66.1 Å². The lowest BCUT2D eigenvalue weighted by Crippen LogP contribution is -1.94. The number of furan rings is 2. The fourth-order valence-corrected chi connectivity index (χ4v) is 8.10. The topological polar surface area (TPSA) is 35.6 Å². The number of benzene rings is 8. The molecule has 0 spiro atoms. The summed E-state index contributed by atoms with van der Waals surface area (Å²) in [6.07, 6.45) is 0. The van der Waals surface area contributed by atoms with E-state index in [0.29, 0.717) is 11.3 Å². The lowest BCUT2D eigenvalue weighted by molar-refractivity contribution is 0.668. The van der Waals surface area contributed by atoms with Crippen molar-refractivity contribution in [2.75, 3.05) is 0 Å². The predicted molar refractivity (Wildman–Crippen MR) is 218 cm³/mol. The van der Waals surface area contributed by atoms with Gasteiger partial charge in [-0.05, 0) is 94.0 Å². The lowest BCUT2D eigenvalue weighted by Gasteiger charge is -2.09. The minimum absolute atomic E-state index is 0.485. The molecule has 11 rings (SSSR count). The summed E-state index contributed by atoms with van der Waals surface area (Å²) < 4.78 is 15.2. The molecule has 0 aliphatic heterocycles. The van der Waals surface area contributed by atoms with Crippen molar-refractivity contribution in [3.8, 4) is 39.1 Å². The maximum absolute atomic E-state index is 8.21. The zero-order valence-electron chi connectivity index (χ0n) is 28.4. The third kappa shape index (κ3) is 4.48. The molecule has 0 fully saturated rings. The Labute approximate surface area is 304 Å². The highest BCUT2D eigenvalue weighted by Crippen LogP contribution is 2.44. The van der Waals surface area contributed by atoms with Gasteiger partial charge in [-0.1, -0.05) is 109 Å². The normalized spacial score (nSPS) is 11.8. The molecule has 53 heavy (non-hydrogen) atoms. The first-order chi connectivity index (χ1) is 26.2. The summed E-state index contributed by atoms with van der Waals surface area (Å²) in [6, 6.07) is 59.3. The lowest BCUT2D eigenvalue weighted by atomic mass is 9.99. The van der Waals surface area contributed by atoms with E-state index in [1.165, 1.54) is 33.0 Å². The molecule has 0 unspecified atom stereocenters. The standard InChI is InChI=1S/C49H28N2O2/c1-50-42-29-35(34-21-24-47-40(27-34)36-15-8-9-18-46(36)52-47)28-41-37-16-10-17-45(49(37)53-48(41)42)51-43-22-19-32(30-11-4-2-5-12-30)25-38(43)39-26-33(20-23-44(39)51)31-13-6-3-7-14-31/h2-29H. The zero-order valence-corrected chi connectivity index (χ0v) is 28.4. The van der Waals surface area contributed by atoms with Gasteiger partial charge in [0.1, 0.15) is 16.7 Å². The highest BCUT2D eigenvalue weighted by molar-refractivity contribution is 6.16. The van der Waals surface area contributed by atoms with Gasteiger partial charge in [-0.3, -0.25) is 0 Å². The van der Waals surface area contributed by atoms with Crippen LogP contribution < -0.4 is 0 Å². The van der Waals surface area contributed by atoms with E-state index in [1.807, 2.05) is 30.3 Å². The summed E-state index contributed by atoms with van der Waals surface area (Å²) in [7, 11) is 0. The molecule has 0 atom stereocenters. The Balaban J connectivity index is 1.15. The van der Waals surface area contributed by atoms with Crippen LogP contribution >= 0.6 is 0 Å². The second-order valence-electron chi connectivity index (χ2n) is 13.6. The number of aromatic nitrogens is 1. The van der Waals surface area contributed by atoms with Crippen LogP contribution in [0.2, 0.25) is 0 Å². The van der Waals surface area contributed by atoms with Gasteiger partial charge >= 0.3 is 0 Å². The summed E-state index contributed by atoms with van der Waals surface area (Å²) in [5.74, 6) is 0. The number of para-hydroxylation sites is 2. The Morgan fingerprint density at radius 1 is 0.377 bits per heavy atom. The second-order valence-corrected chi connectivity index (χ2v) is 13.6. The van der Waals surface area contributed by atoms with E-state index in [-0.39, 0.29) is 0 Å². The van der Waals surface area contributed by atoms with Crippen molar-refractivity contribution in [2.24, 2.45) is 0 Å². The number of nitrogens with zero attached hydrogens (tertiary/aromatic N) is 2. The van der Waals surface area contributed by atoms with E-state index >= 15 is 0 Å². The van der Waals surface area contributed by atoms with Crippen LogP contribution in [0.25, 0.3) is 110 Å². The van der Waals surface area contributed by atoms with E-state index in [9.17, 15) is 0 Å². The fraction of sp³-hybridized carbons (Fsp3) is 0. The Morgan fingerprint density at radius 2 is 0.943 bits per heavy atom. The largest absolute Gasteiger partial charge is 0.465 e. The van der Waals surface area contributed by atoms with Crippen LogP contribution in [-0.4, -0.2) is 4.57 Å². The SMILES string of the molecule is [C-]#[N+]c1cc(-c2ccc3oc4ccccc4c3c2)cc2c1oc1c(-n3c4ccc(-c5ccccc5)cc4c4cc(-c5ccccc5)ccc43)cccc12. The minimum Gasteiger partial charge on any atom is -0.465 e. The fourth-order valence-electron chi connectivity index (χ4n) is 8.10. The highest BCUT2D eigenvalue weighted by atomic mass is 16.3. The summed E-state index contributed by atoms with van der Waals surface area (Å²) in [4.78, 5) is 3.98. The van der Waals surface area contributed by atoms with Crippen molar-refractivity contribution < 1.29 is 8.83 Å². The van der Waals surface area contributed by atoms with Crippen LogP contribution in [0.15, 0.2) is 179 Å². The molecular weight excluding hydrogens is 649 g/mol. The molecule has 8 aromatic carbocycles. The quantitative estimate of drug-likeness (QED) is 0.174. The molecule has 11 aromatic rings. The van der Waals surface area contributed by atoms with Crippen LogP contribution in [-0.2, 0) is 0 Å². The van der Waals surface area contributed by atoms with Crippen molar-refractivity contribution in [2.45, 2.75) is 0 Å². The van der Waals surface area contributed by atoms with Gasteiger partial charge in [0, 0.05) is 32.3 Å². The van der Waals surface area contributed by atoms with Crippen LogP contribution in [0.3, 0.4) is 0 Å². The average molecular weight is 677 g/mol. The maximum atomic E-state index is 8.21. The number of hydrogen-bond donors (Lipinski definition) is 0. The molecule has 0 radical (unpaired) electrons. The molecule has 3 aromatic heterocycles. The van der Waals surface area contributed by atoms with Crippen molar-refractivity contribution >= 4 is 71.4 Å². The Morgan fingerprint density at radius 3 is 1.64 bits per heavy atom. The van der Waals surface area contributed by atoms with Crippen LogP contribution in [0.1, 0.15) is 0 Å².